The van der Waals surface area contributed by atoms with E-state index in [0.29, 0.717) is 5.75 Å². The van der Waals surface area contributed by atoms with Crippen LogP contribution in [0.1, 0.15) is 12.0 Å². The van der Waals surface area contributed by atoms with Gasteiger partial charge in [-0.3, -0.25) is 4.79 Å². The van der Waals surface area contributed by atoms with Crippen LogP contribution in [0.15, 0.2) is 18.2 Å². The lowest BCUT2D eigenvalue weighted by molar-refractivity contribution is -0.142. The van der Waals surface area contributed by atoms with Crippen LogP contribution in [0.25, 0.3) is 0 Å². The normalized spacial score (nSPS) is 24.4. The molecule has 0 saturated heterocycles. The number of carbonyl (C=O) groups is 1. The first kappa shape index (κ1) is 12.6. The van der Waals surface area contributed by atoms with Gasteiger partial charge in [-0.25, -0.2) is 8.78 Å². The Morgan fingerprint density at radius 1 is 1.28 bits per heavy atom. The van der Waals surface area contributed by atoms with Gasteiger partial charge in [0.05, 0.1) is 14.2 Å². The fourth-order valence-corrected chi connectivity index (χ4v) is 2.06. The summed E-state index contributed by atoms with van der Waals surface area (Å²) in [4.78, 5) is 11.1. The summed E-state index contributed by atoms with van der Waals surface area (Å²) in [5.41, 5.74) is -2.11. The lowest BCUT2D eigenvalue weighted by atomic mass is 9.95. The van der Waals surface area contributed by atoms with Crippen molar-refractivity contribution in [3.8, 4) is 11.5 Å². The third-order valence-electron chi connectivity index (χ3n) is 3.23. The molecule has 4 nitrogen and oxygen atoms in total. The van der Waals surface area contributed by atoms with E-state index < -0.39 is 23.7 Å². The van der Waals surface area contributed by atoms with E-state index in [1.54, 1.807) is 0 Å². The van der Waals surface area contributed by atoms with E-state index in [1.807, 2.05) is 0 Å². The van der Waals surface area contributed by atoms with Gasteiger partial charge in [-0.2, -0.15) is 0 Å². The maximum atomic E-state index is 13.4. The van der Waals surface area contributed by atoms with Gasteiger partial charge in [0.25, 0.3) is 5.92 Å². The van der Waals surface area contributed by atoms with Gasteiger partial charge in [0.15, 0.2) is 16.9 Å². The Hall–Kier alpha value is -1.85. The lowest BCUT2D eigenvalue weighted by Crippen LogP contribution is -2.27. The number of halogens is 2. The first-order valence-corrected chi connectivity index (χ1v) is 5.23. The fraction of sp³-hybridized carbons (Fsp3) is 0.417. The number of benzene rings is 1. The number of aliphatic carboxylic acids is 1. The van der Waals surface area contributed by atoms with Crippen molar-refractivity contribution < 1.29 is 28.2 Å². The van der Waals surface area contributed by atoms with E-state index in [9.17, 15) is 13.6 Å². The largest absolute Gasteiger partial charge is 0.493 e. The van der Waals surface area contributed by atoms with Crippen LogP contribution in [0.3, 0.4) is 0 Å². The highest BCUT2D eigenvalue weighted by Gasteiger charge is 2.77. The number of rotatable bonds is 4. The highest BCUT2D eigenvalue weighted by molar-refractivity contribution is 5.88. The van der Waals surface area contributed by atoms with Gasteiger partial charge >= 0.3 is 5.97 Å². The highest BCUT2D eigenvalue weighted by atomic mass is 19.3. The summed E-state index contributed by atoms with van der Waals surface area (Å²) in [5, 5.41) is 9.03. The molecule has 0 radical (unpaired) electrons. The second-order valence-electron chi connectivity index (χ2n) is 4.16. The van der Waals surface area contributed by atoms with E-state index >= 15 is 0 Å². The number of methoxy groups -OCH3 is 2. The van der Waals surface area contributed by atoms with Crippen LogP contribution in [0, 0.1) is 0 Å². The van der Waals surface area contributed by atoms with Crippen molar-refractivity contribution >= 4 is 5.97 Å². The average molecular weight is 258 g/mol. The van der Waals surface area contributed by atoms with Crippen LogP contribution in [0.4, 0.5) is 8.78 Å². The first-order chi connectivity index (χ1) is 8.39. The molecule has 0 aromatic heterocycles. The van der Waals surface area contributed by atoms with E-state index in [4.69, 9.17) is 14.6 Å². The zero-order valence-electron chi connectivity index (χ0n) is 9.87. The number of alkyl halides is 2. The zero-order chi connectivity index (χ0) is 13.6. The number of ether oxygens (including phenoxy) is 2. The molecule has 2 rings (SSSR count). The molecule has 1 N–H and O–H groups in total. The molecule has 98 valence electrons. The van der Waals surface area contributed by atoms with Gasteiger partial charge < -0.3 is 14.6 Å². The highest BCUT2D eigenvalue weighted by Crippen LogP contribution is 2.62. The molecule has 1 aromatic rings. The predicted molar refractivity (Wildman–Crippen MR) is 58.4 cm³/mol. The molecule has 1 aliphatic rings. The van der Waals surface area contributed by atoms with Crippen molar-refractivity contribution in [2.24, 2.45) is 0 Å². The van der Waals surface area contributed by atoms with E-state index in [1.165, 1.54) is 32.4 Å². The molecule has 1 unspecified atom stereocenters. The minimum atomic E-state index is -3.22. The van der Waals surface area contributed by atoms with Crippen LogP contribution in [-0.2, 0) is 10.2 Å². The molecule has 0 aliphatic heterocycles. The van der Waals surface area contributed by atoms with Crippen molar-refractivity contribution in [2.45, 2.75) is 17.8 Å². The maximum Gasteiger partial charge on any atom is 0.320 e. The SMILES string of the molecule is COc1ccc(C2(C(=O)O)CC2(F)F)cc1OC. The minimum absolute atomic E-state index is 0.0256. The van der Waals surface area contributed by atoms with Crippen LogP contribution < -0.4 is 9.47 Å². The molecule has 0 bridgehead atoms. The second-order valence-corrected chi connectivity index (χ2v) is 4.16. The number of carboxylic acid groups (broad SMARTS) is 1. The monoisotopic (exact) mass is 258 g/mol. The quantitative estimate of drug-likeness (QED) is 0.898. The molecule has 6 heteroatoms. The van der Waals surface area contributed by atoms with Gasteiger partial charge in [0.2, 0.25) is 0 Å². The topological polar surface area (TPSA) is 55.8 Å². The molecule has 1 saturated carbocycles. The van der Waals surface area contributed by atoms with Crippen LogP contribution in [-0.4, -0.2) is 31.2 Å². The molecule has 1 fully saturated rings. The van der Waals surface area contributed by atoms with Crippen molar-refractivity contribution in [1.82, 2.24) is 0 Å². The Balaban J connectivity index is 2.49. The Labute approximate surface area is 102 Å². The van der Waals surface area contributed by atoms with Crippen molar-refractivity contribution in [3.05, 3.63) is 23.8 Å². The van der Waals surface area contributed by atoms with Gasteiger partial charge in [-0.1, -0.05) is 6.07 Å². The summed E-state index contributed by atoms with van der Waals surface area (Å²) >= 11 is 0. The van der Waals surface area contributed by atoms with Gasteiger partial charge in [0.1, 0.15) is 0 Å². The van der Waals surface area contributed by atoms with Crippen LogP contribution >= 0.6 is 0 Å². The molecular formula is C12H12F2O4. The van der Waals surface area contributed by atoms with Gasteiger partial charge in [-0.15, -0.1) is 0 Å². The molecule has 1 aliphatic carbocycles. The second kappa shape index (κ2) is 3.83. The summed E-state index contributed by atoms with van der Waals surface area (Å²) in [6.45, 7) is 0. The summed E-state index contributed by atoms with van der Waals surface area (Å²) in [6.07, 6.45) is -0.690. The van der Waals surface area contributed by atoms with Crippen molar-refractivity contribution in [3.63, 3.8) is 0 Å². The van der Waals surface area contributed by atoms with Gasteiger partial charge in [0, 0.05) is 6.42 Å². The standard InChI is InChI=1S/C12H12F2O4/c1-17-8-4-3-7(5-9(8)18-2)11(10(15)16)6-12(11,13)14/h3-5H,6H2,1-2H3,(H,15,16). The summed E-state index contributed by atoms with van der Waals surface area (Å²) < 4.78 is 36.7. The van der Waals surface area contributed by atoms with Gasteiger partial charge in [-0.05, 0) is 17.7 Å². The first-order valence-electron chi connectivity index (χ1n) is 5.23. The van der Waals surface area contributed by atoms with Crippen LogP contribution in [0.5, 0.6) is 11.5 Å². The zero-order valence-corrected chi connectivity index (χ0v) is 9.87. The smallest absolute Gasteiger partial charge is 0.320 e. The average Bonchev–Trinajstić information content (AvgIpc) is 2.93. The molecule has 0 amide bonds. The van der Waals surface area contributed by atoms with E-state index in [2.05, 4.69) is 0 Å². The molecule has 0 heterocycles. The Morgan fingerprint density at radius 2 is 1.83 bits per heavy atom. The molecule has 1 aromatic carbocycles. The van der Waals surface area contributed by atoms with Crippen molar-refractivity contribution in [2.75, 3.05) is 14.2 Å². The van der Waals surface area contributed by atoms with Crippen molar-refractivity contribution in [1.29, 1.82) is 0 Å². The molecule has 0 spiro atoms. The summed E-state index contributed by atoms with van der Waals surface area (Å²) in [5.74, 6) is -4.15. The van der Waals surface area contributed by atoms with E-state index in [0.717, 1.165) is 0 Å². The van der Waals surface area contributed by atoms with Crippen LogP contribution in [0.2, 0.25) is 0 Å². The minimum Gasteiger partial charge on any atom is -0.493 e. The Kier molecular flexibility index (Phi) is 2.68. The summed E-state index contributed by atoms with van der Waals surface area (Å²) in [6, 6.07) is 4.04. The lowest BCUT2D eigenvalue weighted by Gasteiger charge is -2.14. The molecule has 1 atom stereocenters. The third kappa shape index (κ3) is 1.52. The number of hydrogen-bond acceptors (Lipinski definition) is 3. The summed E-state index contributed by atoms with van der Waals surface area (Å²) in [7, 11) is 2.77. The van der Waals surface area contributed by atoms with E-state index in [-0.39, 0.29) is 11.3 Å². The predicted octanol–water partition coefficient (Wildman–Crippen LogP) is 2.07. The maximum absolute atomic E-state index is 13.4. The Morgan fingerprint density at radius 3 is 2.22 bits per heavy atom. The molecular weight excluding hydrogens is 246 g/mol. The number of carboxylic acids is 1. The Bertz CT molecular complexity index is 501. The third-order valence-corrected chi connectivity index (χ3v) is 3.23. The number of hydrogen-bond donors (Lipinski definition) is 1. The molecule has 18 heavy (non-hydrogen) atoms. The fourth-order valence-electron chi connectivity index (χ4n) is 2.06.